The standard InChI is InChI=1S/C11H18N4O2/c1-8-7-17-9(2)5-15(8)11(16)6-14-4-3-10(12)13-14/h3-4,8-9H,5-7H2,1-2H3,(H2,12,13). The van der Waals surface area contributed by atoms with E-state index in [0.29, 0.717) is 19.0 Å². The third kappa shape index (κ3) is 2.76. The molecule has 1 fully saturated rings. The quantitative estimate of drug-likeness (QED) is 0.793. The third-order valence-electron chi connectivity index (χ3n) is 2.89. The third-order valence-corrected chi connectivity index (χ3v) is 2.89. The zero-order valence-electron chi connectivity index (χ0n) is 10.2. The van der Waals surface area contributed by atoms with E-state index >= 15 is 0 Å². The molecule has 1 saturated heterocycles. The Bertz CT molecular complexity index is 404. The highest BCUT2D eigenvalue weighted by atomic mass is 16.5. The van der Waals surface area contributed by atoms with Crippen molar-refractivity contribution in [3.05, 3.63) is 12.3 Å². The summed E-state index contributed by atoms with van der Waals surface area (Å²) in [5.41, 5.74) is 5.51. The molecule has 2 unspecified atom stereocenters. The smallest absolute Gasteiger partial charge is 0.244 e. The number of rotatable bonds is 2. The van der Waals surface area contributed by atoms with Crippen LogP contribution in [-0.2, 0) is 16.1 Å². The molecule has 0 spiro atoms. The Morgan fingerprint density at radius 3 is 3.06 bits per heavy atom. The van der Waals surface area contributed by atoms with E-state index in [1.165, 1.54) is 0 Å². The summed E-state index contributed by atoms with van der Waals surface area (Å²) in [7, 11) is 0. The minimum absolute atomic E-state index is 0.0516. The van der Waals surface area contributed by atoms with Gasteiger partial charge in [0.2, 0.25) is 5.91 Å². The second-order valence-electron chi connectivity index (χ2n) is 4.48. The summed E-state index contributed by atoms with van der Waals surface area (Å²) in [5.74, 6) is 0.483. The zero-order valence-corrected chi connectivity index (χ0v) is 10.2. The molecule has 1 aromatic rings. The highest BCUT2D eigenvalue weighted by molar-refractivity contribution is 5.76. The molecule has 17 heavy (non-hydrogen) atoms. The Morgan fingerprint density at radius 1 is 1.65 bits per heavy atom. The number of nitrogens with zero attached hydrogens (tertiary/aromatic N) is 3. The molecule has 2 atom stereocenters. The van der Waals surface area contributed by atoms with Gasteiger partial charge in [-0.25, -0.2) is 0 Å². The van der Waals surface area contributed by atoms with E-state index in [4.69, 9.17) is 10.5 Å². The first-order valence-electron chi connectivity index (χ1n) is 5.76. The number of hydrogen-bond donors (Lipinski definition) is 1. The van der Waals surface area contributed by atoms with Gasteiger partial charge < -0.3 is 15.4 Å². The molecule has 2 rings (SSSR count). The lowest BCUT2D eigenvalue weighted by molar-refractivity contribution is -0.144. The number of nitrogen functional groups attached to an aromatic ring is 1. The second-order valence-corrected chi connectivity index (χ2v) is 4.48. The number of carbonyl (C=O) groups is 1. The summed E-state index contributed by atoms with van der Waals surface area (Å²) >= 11 is 0. The topological polar surface area (TPSA) is 73.4 Å². The van der Waals surface area contributed by atoms with Crippen LogP contribution < -0.4 is 5.73 Å². The number of hydrogen-bond acceptors (Lipinski definition) is 4. The fourth-order valence-corrected chi connectivity index (χ4v) is 1.95. The molecule has 1 amide bonds. The Labute approximate surface area is 100 Å². The lowest BCUT2D eigenvalue weighted by atomic mass is 10.2. The molecule has 0 bridgehead atoms. The van der Waals surface area contributed by atoms with Gasteiger partial charge in [-0.05, 0) is 19.9 Å². The first-order chi connectivity index (χ1) is 8.06. The van der Waals surface area contributed by atoms with Gasteiger partial charge in [0.25, 0.3) is 0 Å². The van der Waals surface area contributed by atoms with Crippen LogP contribution in [0.25, 0.3) is 0 Å². The minimum Gasteiger partial charge on any atom is -0.382 e. The Hall–Kier alpha value is -1.56. The molecular formula is C11H18N4O2. The molecule has 0 aromatic carbocycles. The summed E-state index contributed by atoms with van der Waals surface area (Å²) in [6.07, 6.45) is 1.81. The Morgan fingerprint density at radius 2 is 2.41 bits per heavy atom. The van der Waals surface area contributed by atoms with E-state index in [9.17, 15) is 4.79 Å². The van der Waals surface area contributed by atoms with Gasteiger partial charge in [-0.3, -0.25) is 9.48 Å². The van der Waals surface area contributed by atoms with Gasteiger partial charge in [0.1, 0.15) is 12.4 Å². The SMILES string of the molecule is CC1CN(C(=O)Cn2ccc(N)n2)C(C)CO1. The van der Waals surface area contributed by atoms with Gasteiger partial charge in [0, 0.05) is 12.7 Å². The predicted octanol–water partition coefficient (Wildman–Crippen LogP) is 0.101. The van der Waals surface area contributed by atoms with Crippen molar-refractivity contribution in [2.24, 2.45) is 0 Å². The van der Waals surface area contributed by atoms with E-state index in [1.807, 2.05) is 18.7 Å². The lowest BCUT2D eigenvalue weighted by Crippen LogP contribution is -2.51. The van der Waals surface area contributed by atoms with Crippen LogP contribution in [0.4, 0.5) is 5.82 Å². The highest BCUT2D eigenvalue weighted by Gasteiger charge is 2.27. The van der Waals surface area contributed by atoms with Crippen molar-refractivity contribution in [3.63, 3.8) is 0 Å². The molecule has 1 aliphatic heterocycles. The maximum Gasteiger partial charge on any atom is 0.244 e. The molecule has 0 saturated carbocycles. The number of amides is 1. The second kappa shape index (κ2) is 4.75. The number of anilines is 1. The summed E-state index contributed by atoms with van der Waals surface area (Å²) in [5, 5.41) is 4.01. The van der Waals surface area contributed by atoms with Gasteiger partial charge in [0.15, 0.2) is 0 Å². The molecule has 0 radical (unpaired) electrons. The van der Waals surface area contributed by atoms with E-state index < -0.39 is 0 Å². The Balaban J connectivity index is 1.99. The van der Waals surface area contributed by atoms with Gasteiger partial charge in [-0.15, -0.1) is 0 Å². The summed E-state index contributed by atoms with van der Waals surface area (Å²) in [6, 6.07) is 1.80. The Kier molecular flexibility index (Phi) is 3.33. The van der Waals surface area contributed by atoms with E-state index in [-0.39, 0.29) is 24.6 Å². The molecular weight excluding hydrogens is 220 g/mol. The lowest BCUT2D eigenvalue weighted by Gasteiger charge is -2.36. The maximum atomic E-state index is 12.1. The summed E-state index contributed by atoms with van der Waals surface area (Å²) in [4.78, 5) is 13.9. The van der Waals surface area contributed by atoms with E-state index in [2.05, 4.69) is 5.10 Å². The van der Waals surface area contributed by atoms with E-state index in [0.717, 1.165) is 0 Å². The van der Waals surface area contributed by atoms with Crippen LogP contribution in [-0.4, -0.2) is 45.9 Å². The molecule has 2 N–H and O–H groups in total. The minimum atomic E-state index is 0.0516. The van der Waals surface area contributed by atoms with Crippen molar-refractivity contribution in [1.29, 1.82) is 0 Å². The molecule has 94 valence electrons. The predicted molar refractivity (Wildman–Crippen MR) is 63.2 cm³/mol. The highest BCUT2D eigenvalue weighted by Crippen LogP contribution is 2.12. The summed E-state index contributed by atoms with van der Waals surface area (Å²) < 4.78 is 7.05. The molecule has 2 heterocycles. The van der Waals surface area contributed by atoms with Gasteiger partial charge in [0.05, 0.1) is 18.8 Å². The van der Waals surface area contributed by atoms with Crippen LogP contribution in [0.15, 0.2) is 12.3 Å². The molecule has 1 aliphatic rings. The molecule has 6 nitrogen and oxygen atoms in total. The normalized spacial score (nSPS) is 24.9. The largest absolute Gasteiger partial charge is 0.382 e. The van der Waals surface area contributed by atoms with Crippen LogP contribution in [0, 0.1) is 0 Å². The summed E-state index contributed by atoms with van der Waals surface area (Å²) in [6.45, 7) is 5.42. The van der Waals surface area contributed by atoms with Gasteiger partial charge in [-0.2, -0.15) is 5.10 Å². The number of nitrogens with two attached hydrogens (primary N) is 1. The fourth-order valence-electron chi connectivity index (χ4n) is 1.95. The van der Waals surface area contributed by atoms with Crippen LogP contribution in [0.3, 0.4) is 0 Å². The molecule has 6 heteroatoms. The number of ether oxygens (including phenoxy) is 1. The first-order valence-corrected chi connectivity index (χ1v) is 5.76. The number of carbonyl (C=O) groups excluding carboxylic acids is 1. The van der Waals surface area contributed by atoms with Gasteiger partial charge >= 0.3 is 0 Å². The number of aromatic nitrogens is 2. The average Bonchev–Trinajstić information content (AvgIpc) is 2.67. The van der Waals surface area contributed by atoms with Crippen molar-refractivity contribution < 1.29 is 9.53 Å². The van der Waals surface area contributed by atoms with Crippen LogP contribution in [0.5, 0.6) is 0 Å². The maximum absolute atomic E-state index is 12.1. The van der Waals surface area contributed by atoms with Crippen molar-refractivity contribution in [2.75, 3.05) is 18.9 Å². The van der Waals surface area contributed by atoms with Crippen LogP contribution in [0.2, 0.25) is 0 Å². The molecule has 0 aliphatic carbocycles. The van der Waals surface area contributed by atoms with Crippen molar-refractivity contribution in [3.8, 4) is 0 Å². The van der Waals surface area contributed by atoms with Gasteiger partial charge in [-0.1, -0.05) is 0 Å². The zero-order chi connectivity index (χ0) is 12.4. The van der Waals surface area contributed by atoms with Crippen LogP contribution in [0.1, 0.15) is 13.8 Å². The fraction of sp³-hybridized carbons (Fsp3) is 0.636. The number of morpholine rings is 1. The van der Waals surface area contributed by atoms with Crippen molar-refractivity contribution in [2.45, 2.75) is 32.5 Å². The average molecular weight is 238 g/mol. The van der Waals surface area contributed by atoms with Crippen molar-refractivity contribution in [1.82, 2.24) is 14.7 Å². The van der Waals surface area contributed by atoms with Crippen molar-refractivity contribution >= 4 is 11.7 Å². The monoisotopic (exact) mass is 238 g/mol. The first kappa shape index (κ1) is 11.9. The molecule has 1 aromatic heterocycles. The van der Waals surface area contributed by atoms with Crippen LogP contribution >= 0.6 is 0 Å². The van der Waals surface area contributed by atoms with E-state index in [1.54, 1.807) is 16.9 Å².